The molecule has 1 nitrogen and oxygen atoms in total. The van der Waals surface area contributed by atoms with E-state index in [2.05, 4.69) is 50.4 Å². The van der Waals surface area contributed by atoms with Crippen LogP contribution in [0.1, 0.15) is 52.0 Å². The summed E-state index contributed by atoms with van der Waals surface area (Å²) in [5.74, 6) is -4.93. The minimum atomic E-state index is -3.93. The fourth-order valence-corrected chi connectivity index (χ4v) is 5.25. The maximum Gasteiger partial charge on any atom is 0.306 e. The third kappa shape index (κ3) is 5.62. The van der Waals surface area contributed by atoms with E-state index >= 15 is 0 Å². The maximum atomic E-state index is 12.2. The molecular formula is C20H29F4NS. The van der Waals surface area contributed by atoms with E-state index < -0.39 is 24.8 Å². The molecule has 0 aliphatic carbocycles. The highest BCUT2D eigenvalue weighted by Crippen LogP contribution is 2.41. The monoisotopic (exact) mass is 391 g/mol. The lowest BCUT2D eigenvalue weighted by Gasteiger charge is -2.38. The fraction of sp³-hybridized carbons (Fsp3) is 0.700. The SMILES string of the molecule is CC(C)(C)c1ccc([S+]2CCCCC2)cc1.FC1(F)CC[N-]CC1(F)F. The van der Waals surface area contributed by atoms with Gasteiger partial charge < -0.3 is 5.32 Å². The molecular weight excluding hydrogens is 362 g/mol. The van der Waals surface area contributed by atoms with Crippen molar-refractivity contribution in [3.05, 3.63) is 35.1 Å². The van der Waals surface area contributed by atoms with Crippen molar-refractivity contribution >= 4 is 10.9 Å². The molecule has 2 saturated heterocycles. The largest absolute Gasteiger partial charge is 0.657 e. The van der Waals surface area contributed by atoms with Gasteiger partial charge in [0.05, 0.1) is 0 Å². The number of hydrogen-bond acceptors (Lipinski definition) is 0. The lowest BCUT2D eigenvalue weighted by atomic mass is 9.87. The average Bonchev–Trinajstić information content (AvgIpc) is 2.58. The molecule has 0 saturated carbocycles. The van der Waals surface area contributed by atoms with Gasteiger partial charge in [0.2, 0.25) is 0 Å². The molecule has 0 unspecified atom stereocenters. The van der Waals surface area contributed by atoms with Crippen molar-refractivity contribution in [3.8, 4) is 0 Å². The van der Waals surface area contributed by atoms with E-state index in [-0.39, 0.29) is 12.0 Å². The van der Waals surface area contributed by atoms with Gasteiger partial charge in [0.25, 0.3) is 5.92 Å². The van der Waals surface area contributed by atoms with Crippen LogP contribution < -0.4 is 0 Å². The first-order valence-corrected chi connectivity index (χ1v) is 10.8. The Labute approximate surface area is 157 Å². The average molecular weight is 392 g/mol. The first kappa shape index (κ1) is 21.5. The molecule has 0 N–H and O–H groups in total. The number of halogens is 4. The molecule has 2 aliphatic rings. The molecule has 0 atom stereocenters. The zero-order valence-corrected chi connectivity index (χ0v) is 16.7. The highest BCUT2D eigenvalue weighted by Gasteiger charge is 2.53. The smallest absolute Gasteiger partial charge is 0.306 e. The Bertz CT molecular complexity index is 544. The Morgan fingerprint density at radius 3 is 1.88 bits per heavy atom. The highest BCUT2D eigenvalue weighted by atomic mass is 32.2. The van der Waals surface area contributed by atoms with Crippen molar-refractivity contribution in [2.45, 2.75) is 68.6 Å². The minimum absolute atomic E-state index is 0.164. The second-order valence-electron chi connectivity index (χ2n) is 8.00. The van der Waals surface area contributed by atoms with Gasteiger partial charge in [-0.2, -0.15) is 0 Å². The summed E-state index contributed by atoms with van der Waals surface area (Å²) >= 11 is 0. The summed E-state index contributed by atoms with van der Waals surface area (Å²) in [5.41, 5.74) is 1.74. The van der Waals surface area contributed by atoms with Gasteiger partial charge in [0.1, 0.15) is 11.5 Å². The standard InChI is InChI=1S/C15H23S.C5H6F4N/c1-15(2,3)13-7-9-14(10-8-13)16-11-5-4-6-12-16;6-4(7)1-2-10-3-5(4,8)9/h7-10H,4-6,11-12H2,1-3H3;1-3H2/q+1;-1. The number of alkyl halides is 4. The summed E-state index contributed by atoms with van der Waals surface area (Å²) in [4.78, 5) is 1.59. The van der Waals surface area contributed by atoms with Gasteiger partial charge in [-0.25, -0.2) is 17.6 Å². The lowest BCUT2D eigenvalue weighted by Crippen LogP contribution is -2.47. The number of hydrogen-bond donors (Lipinski definition) is 0. The van der Waals surface area contributed by atoms with E-state index in [0.717, 1.165) is 0 Å². The van der Waals surface area contributed by atoms with Crippen molar-refractivity contribution in [2.75, 3.05) is 24.6 Å². The van der Waals surface area contributed by atoms with E-state index in [4.69, 9.17) is 0 Å². The van der Waals surface area contributed by atoms with Gasteiger partial charge in [-0.1, -0.05) is 39.4 Å². The number of rotatable bonds is 1. The second kappa shape index (κ2) is 8.51. The van der Waals surface area contributed by atoms with Gasteiger partial charge in [-0.3, -0.25) is 0 Å². The molecule has 3 rings (SSSR count). The number of benzene rings is 1. The zero-order valence-electron chi connectivity index (χ0n) is 15.8. The summed E-state index contributed by atoms with van der Waals surface area (Å²) < 4.78 is 48.6. The van der Waals surface area contributed by atoms with Gasteiger partial charge >= 0.3 is 5.92 Å². The van der Waals surface area contributed by atoms with Crippen LogP contribution in [-0.4, -0.2) is 36.4 Å². The maximum absolute atomic E-state index is 12.2. The van der Waals surface area contributed by atoms with E-state index in [9.17, 15) is 17.6 Å². The number of piperidine rings is 1. The summed E-state index contributed by atoms with van der Waals surface area (Å²) in [5, 5.41) is 3.20. The van der Waals surface area contributed by atoms with Crippen molar-refractivity contribution in [1.29, 1.82) is 0 Å². The Morgan fingerprint density at radius 2 is 1.46 bits per heavy atom. The first-order chi connectivity index (χ1) is 12.0. The van der Waals surface area contributed by atoms with E-state index in [0.29, 0.717) is 10.9 Å². The molecule has 0 bridgehead atoms. The topological polar surface area (TPSA) is 14.1 Å². The van der Waals surface area contributed by atoms with Crippen molar-refractivity contribution in [3.63, 3.8) is 0 Å². The lowest BCUT2D eigenvalue weighted by molar-refractivity contribution is -0.207. The molecule has 0 spiro atoms. The molecule has 2 aliphatic heterocycles. The Balaban J connectivity index is 0.000000209. The summed E-state index contributed by atoms with van der Waals surface area (Å²) in [6.07, 6.45) is 3.48. The Morgan fingerprint density at radius 1 is 0.885 bits per heavy atom. The molecule has 6 heteroatoms. The molecule has 0 radical (unpaired) electrons. The van der Waals surface area contributed by atoms with Crippen molar-refractivity contribution in [2.24, 2.45) is 0 Å². The predicted octanol–water partition coefficient (Wildman–Crippen LogP) is 6.18. The third-order valence-electron chi connectivity index (χ3n) is 4.76. The van der Waals surface area contributed by atoms with Gasteiger partial charge in [0.15, 0.2) is 4.90 Å². The highest BCUT2D eigenvalue weighted by molar-refractivity contribution is 7.96. The van der Waals surface area contributed by atoms with Crippen molar-refractivity contribution in [1.82, 2.24) is 0 Å². The predicted molar refractivity (Wildman–Crippen MR) is 102 cm³/mol. The van der Waals surface area contributed by atoms with Crippen LogP contribution >= 0.6 is 0 Å². The van der Waals surface area contributed by atoms with Crippen LogP contribution in [0.5, 0.6) is 0 Å². The first-order valence-electron chi connectivity index (χ1n) is 9.20. The van der Waals surface area contributed by atoms with E-state index in [1.807, 2.05) is 0 Å². The van der Waals surface area contributed by atoms with Gasteiger partial charge in [0, 0.05) is 10.9 Å². The molecule has 2 fully saturated rings. The zero-order chi connectivity index (χ0) is 19.4. The van der Waals surface area contributed by atoms with Crippen molar-refractivity contribution < 1.29 is 17.6 Å². The Kier molecular flexibility index (Phi) is 7.05. The van der Waals surface area contributed by atoms with Crippen LogP contribution in [0.3, 0.4) is 0 Å². The van der Waals surface area contributed by atoms with Crippen LogP contribution in [-0.2, 0) is 16.3 Å². The van der Waals surface area contributed by atoms with Gasteiger partial charge in [-0.15, -0.1) is 6.54 Å². The third-order valence-corrected chi connectivity index (χ3v) is 7.27. The summed E-state index contributed by atoms with van der Waals surface area (Å²) in [6, 6.07) is 9.40. The molecule has 1 aromatic carbocycles. The molecule has 148 valence electrons. The summed E-state index contributed by atoms with van der Waals surface area (Å²) in [6.45, 7) is 5.64. The molecule has 0 aromatic heterocycles. The minimum Gasteiger partial charge on any atom is -0.657 e. The second-order valence-corrected chi connectivity index (χ2v) is 10.3. The van der Waals surface area contributed by atoms with Crippen LogP contribution in [0.2, 0.25) is 0 Å². The van der Waals surface area contributed by atoms with E-state index in [1.54, 1.807) is 4.90 Å². The summed E-state index contributed by atoms with van der Waals surface area (Å²) in [7, 11) is 0.557. The fourth-order valence-electron chi connectivity index (χ4n) is 2.95. The Hall–Kier alpha value is -0.750. The molecule has 0 amide bonds. The van der Waals surface area contributed by atoms with Crippen LogP contribution in [0.15, 0.2) is 29.2 Å². The van der Waals surface area contributed by atoms with Crippen LogP contribution in [0.4, 0.5) is 17.6 Å². The van der Waals surface area contributed by atoms with Crippen LogP contribution in [0, 0.1) is 0 Å². The van der Waals surface area contributed by atoms with Crippen LogP contribution in [0.25, 0.3) is 5.32 Å². The molecule has 2 heterocycles. The normalized spacial score (nSPS) is 23.0. The quantitative estimate of drug-likeness (QED) is 0.401. The molecule has 1 aromatic rings. The van der Waals surface area contributed by atoms with Gasteiger partial charge in [-0.05, 0) is 48.8 Å². The van der Waals surface area contributed by atoms with E-state index in [1.165, 1.54) is 36.3 Å². The number of nitrogens with zero attached hydrogens (tertiary/aromatic N) is 1. The molecule has 26 heavy (non-hydrogen) atoms.